The van der Waals surface area contributed by atoms with Gasteiger partial charge in [-0.15, -0.1) is 0 Å². The van der Waals surface area contributed by atoms with Crippen LogP contribution < -0.4 is 0 Å². The van der Waals surface area contributed by atoms with Crippen molar-refractivity contribution in [3.8, 4) is 0 Å². The molecular weight excluding hydrogens is 208 g/mol. The summed E-state index contributed by atoms with van der Waals surface area (Å²) in [6, 6.07) is 0. The minimum Gasteiger partial charge on any atom is -0.393 e. The van der Waals surface area contributed by atoms with Crippen LogP contribution in [0.5, 0.6) is 0 Å². The predicted octanol–water partition coefficient (Wildman–Crippen LogP) is 1.02. The summed E-state index contributed by atoms with van der Waals surface area (Å²) in [6.07, 6.45) is 0.989. The molecule has 16 heavy (non-hydrogen) atoms. The molecule has 4 nitrogen and oxygen atoms in total. The number of hydrogen-bond donors (Lipinski definition) is 3. The van der Waals surface area contributed by atoms with Gasteiger partial charge in [0.25, 0.3) is 0 Å². The van der Waals surface area contributed by atoms with E-state index in [1.807, 2.05) is 0 Å². The molecule has 0 aliphatic rings. The second-order valence-corrected chi connectivity index (χ2v) is 4.36. The van der Waals surface area contributed by atoms with Crippen molar-refractivity contribution in [1.82, 2.24) is 0 Å². The molecule has 0 spiro atoms. The molecule has 0 radical (unpaired) electrons. The van der Waals surface area contributed by atoms with E-state index in [1.165, 1.54) is 0 Å². The van der Waals surface area contributed by atoms with Crippen LogP contribution >= 0.6 is 0 Å². The molecule has 0 rings (SSSR count). The van der Waals surface area contributed by atoms with Crippen LogP contribution in [0.4, 0.5) is 0 Å². The van der Waals surface area contributed by atoms with Crippen LogP contribution in [0.2, 0.25) is 0 Å². The Labute approximate surface area is 97.3 Å². The molecule has 0 saturated carbocycles. The van der Waals surface area contributed by atoms with Crippen molar-refractivity contribution >= 4 is 5.78 Å². The fourth-order valence-corrected chi connectivity index (χ4v) is 1.49. The third-order valence-corrected chi connectivity index (χ3v) is 2.66. The van der Waals surface area contributed by atoms with E-state index in [0.29, 0.717) is 38.5 Å². The molecule has 3 atom stereocenters. The Balaban J connectivity index is 3.57. The molecule has 0 aromatic carbocycles. The maximum atomic E-state index is 11.4. The lowest BCUT2D eigenvalue weighted by molar-refractivity contribution is -0.120. The Kier molecular flexibility index (Phi) is 8.43. The van der Waals surface area contributed by atoms with Crippen LogP contribution in [0.1, 0.15) is 52.4 Å². The summed E-state index contributed by atoms with van der Waals surface area (Å²) in [6.45, 7) is 3.49. The van der Waals surface area contributed by atoms with Gasteiger partial charge in [0.15, 0.2) is 0 Å². The van der Waals surface area contributed by atoms with Crippen molar-refractivity contribution in [3.63, 3.8) is 0 Å². The minimum atomic E-state index is -0.800. The van der Waals surface area contributed by atoms with Crippen molar-refractivity contribution in [1.29, 1.82) is 0 Å². The van der Waals surface area contributed by atoms with Gasteiger partial charge in [0.2, 0.25) is 0 Å². The van der Waals surface area contributed by atoms with Crippen LogP contribution in [0, 0.1) is 0 Å². The summed E-state index contributed by atoms with van der Waals surface area (Å²) >= 11 is 0. The maximum Gasteiger partial charge on any atom is 0.133 e. The molecule has 0 aliphatic heterocycles. The highest BCUT2D eigenvalue weighted by Gasteiger charge is 2.15. The SMILES string of the molecule is CCC(O)C(O)CCC(=O)CCCC(C)O. The van der Waals surface area contributed by atoms with Crippen LogP contribution in [-0.4, -0.2) is 39.4 Å². The van der Waals surface area contributed by atoms with Gasteiger partial charge < -0.3 is 15.3 Å². The van der Waals surface area contributed by atoms with Gasteiger partial charge in [-0.05, 0) is 32.6 Å². The Morgan fingerprint density at radius 3 is 2.19 bits per heavy atom. The smallest absolute Gasteiger partial charge is 0.133 e. The summed E-state index contributed by atoms with van der Waals surface area (Å²) in [5, 5.41) is 27.7. The molecule has 0 aliphatic carbocycles. The van der Waals surface area contributed by atoms with Crippen molar-refractivity contribution in [2.24, 2.45) is 0 Å². The van der Waals surface area contributed by atoms with Gasteiger partial charge in [0.05, 0.1) is 18.3 Å². The normalized spacial score (nSPS) is 16.8. The van der Waals surface area contributed by atoms with Crippen LogP contribution in [0.25, 0.3) is 0 Å². The highest BCUT2D eigenvalue weighted by molar-refractivity contribution is 5.78. The second kappa shape index (κ2) is 8.67. The molecular formula is C12H24O4. The number of Topliss-reactive ketones (excluding diaryl/α,β-unsaturated/α-hetero) is 1. The molecule has 0 aromatic heterocycles. The summed E-state index contributed by atoms with van der Waals surface area (Å²) in [7, 11) is 0. The first-order chi connectivity index (χ1) is 7.47. The monoisotopic (exact) mass is 232 g/mol. The fourth-order valence-electron chi connectivity index (χ4n) is 1.49. The third-order valence-electron chi connectivity index (χ3n) is 2.66. The second-order valence-electron chi connectivity index (χ2n) is 4.36. The fraction of sp³-hybridized carbons (Fsp3) is 0.917. The topological polar surface area (TPSA) is 77.8 Å². The highest BCUT2D eigenvalue weighted by Crippen LogP contribution is 2.09. The van der Waals surface area contributed by atoms with Crippen LogP contribution in [0.15, 0.2) is 0 Å². The summed E-state index contributed by atoms with van der Waals surface area (Å²) in [4.78, 5) is 11.4. The number of rotatable bonds is 9. The van der Waals surface area contributed by atoms with E-state index in [2.05, 4.69) is 0 Å². The van der Waals surface area contributed by atoms with E-state index in [4.69, 9.17) is 5.11 Å². The van der Waals surface area contributed by atoms with Crippen molar-refractivity contribution in [2.45, 2.75) is 70.7 Å². The molecule has 0 aromatic rings. The molecule has 3 unspecified atom stereocenters. The summed E-state index contributed by atoms with van der Waals surface area (Å²) < 4.78 is 0. The number of hydrogen-bond acceptors (Lipinski definition) is 4. The number of carbonyl (C=O) groups excluding carboxylic acids is 1. The lowest BCUT2D eigenvalue weighted by Crippen LogP contribution is -2.25. The molecule has 0 heterocycles. The van der Waals surface area contributed by atoms with E-state index in [9.17, 15) is 15.0 Å². The standard InChI is InChI=1S/C12H24O4/c1-3-11(15)12(16)8-7-10(14)6-4-5-9(2)13/h9,11-13,15-16H,3-8H2,1-2H3. The van der Waals surface area contributed by atoms with E-state index >= 15 is 0 Å². The number of aliphatic hydroxyl groups is 3. The summed E-state index contributed by atoms with van der Waals surface area (Å²) in [5.41, 5.74) is 0. The van der Waals surface area contributed by atoms with Crippen LogP contribution in [-0.2, 0) is 4.79 Å². The Hall–Kier alpha value is -0.450. The van der Waals surface area contributed by atoms with Crippen molar-refractivity contribution in [3.05, 3.63) is 0 Å². The van der Waals surface area contributed by atoms with E-state index in [0.717, 1.165) is 0 Å². The quantitative estimate of drug-likeness (QED) is 0.554. The largest absolute Gasteiger partial charge is 0.393 e. The van der Waals surface area contributed by atoms with E-state index < -0.39 is 12.2 Å². The zero-order chi connectivity index (χ0) is 12.6. The lowest BCUT2D eigenvalue weighted by atomic mass is 10.0. The lowest BCUT2D eigenvalue weighted by Gasteiger charge is -2.15. The van der Waals surface area contributed by atoms with Gasteiger partial charge >= 0.3 is 0 Å². The number of aliphatic hydroxyl groups excluding tert-OH is 3. The van der Waals surface area contributed by atoms with Crippen molar-refractivity contribution in [2.75, 3.05) is 0 Å². The maximum absolute atomic E-state index is 11.4. The molecule has 0 fully saturated rings. The van der Waals surface area contributed by atoms with E-state index in [-0.39, 0.29) is 11.9 Å². The molecule has 0 amide bonds. The molecule has 4 heteroatoms. The zero-order valence-electron chi connectivity index (χ0n) is 10.2. The average Bonchev–Trinajstić information content (AvgIpc) is 2.24. The summed E-state index contributed by atoms with van der Waals surface area (Å²) in [5.74, 6) is 0.0861. The Morgan fingerprint density at radius 2 is 1.69 bits per heavy atom. The molecule has 0 saturated heterocycles. The Morgan fingerprint density at radius 1 is 1.06 bits per heavy atom. The van der Waals surface area contributed by atoms with E-state index in [1.54, 1.807) is 13.8 Å². The van der Waals surface area contributed by atoms with Gasteiger partial charge in [-0.2, -0.15) is 0 Å². The molecule has 3 N–H and O–H groups in total. The third kappa shape index (κ3) is 7.79. The first-order valence-corrected chi connectivity index (χ1v) is 6.03. The molecule has 0 bridgehead atoms. The molecule has 96 valence electrons. The average molecular weight is 232 g/mol. The Bertz CT molecular complexity index is 191. The van der Waals surface area contributed by atoms with Gasteiger partial charge in [-0.3, -0.25) is 4.79 Å². The van der Waals surface area contributed by atoms with Crippen molar-refractivity contribution < 1.29 is 20.1 Å². The van der Waals surface area contributed by atoms with Gasteiger partial charge in [-0.1, -0.05) is 6.92 Å². The van der Waals surface area contributed by atoms with Crippen LogP contribution in [0.3, 0.4) is 0 Å². The zero-order valence-corrected chi connectivity index (χ0v) is 10.2. The minimum absolute atomic E-state index is 0.0861. The number of carbonyl (C=O) groups is 1. The van der Waals surface area contributed by atoms with Gasteiger partial charge in [0, 0.05) is 12.8 Å². The highest BCUT2D eigenvalue weighted by atomic mass is 16.3. The number of ketones is 1. The van der Waals surface area contributed by atoms with Gasteiger partial charge in [-0.25, -0.2) is 0 Å². The van der Waals surface area contributed by atoms with Gasteiger partial charge in [0.1, 0.15) is 5.78 Å². The first kappa shape index (κ1) is 15.6. The first-order valence-electron chi connectivity index (χ1n) is 6.03. The predicted molar refractivity (Wildman–Crippen MR) is 62.1 cm³/mol.